The summed E-state index contributed by atoms with van der Waals surface area (Å²) >= 11 is 0. The third kappa shape index (κ3) is 3.32. The van der Waals surface area contributed by atoms with Crippen LogP contribution in [0.4, 0.5) is 0 Å². The zero-order valence-electron chi connectivity index (χ0n) is 7.95. The number of carbonyl (C=O) groups is 1. The maximum atomic E-state index is 10.6. The number of hydrogen-bond acceptors (Lipinski definition) is 3. The van der Waals surface area contributed by atoms with Gasteiger partial charge in [0.25, 0.3) is 0 Å². The molecule has 4 nitrogen and oxygen atoms in total. The largest absolute Gasteiger partial charge is 0.479 e. The lowest BCUT2D eigenvalue weighted by Crippen LogP contribution is -2.26. The van der Waals surface area contributed by atoms with Crippen LogP contribution in [0.25, 0.3) is 0 Å². The van der Waals surface area contributed by atoms with E-state index in [0.29, 0.717) is 18.9 Å². The Kier molecular flexibility index (Phi) is 4.18. The lowest BCUT2D eigenvalue weighted by molar-refractivity contribution is -0.151. The summed E-state index contributed by atoms with van der Waals surface area (Å²) in [5, 5.41) is 11.9. The van der Waals surface area contributed by atoms with Crippen molar-refractivity contribution in [2.75, 3.05) is 19.7 Å². The molecule has 0 aromatic carbocycles. The molecule has 2 N–H and O–H groups in total. The van der Waals surface area contributed by atoms with Crippen molar-refractivity contribution in [3.63, 3.8) is 0 Å². The molecule has 1 heterocycles. The first-order valence-electron chi connectivity index (χ1n) is 4.79. The van der Waals surface area contributed by atoms with E-state index in [1.165, 1.54) is 0 Å². The monoisotopic (exact) mass is 187 g/mol. The van der Waals surface area contributed by atoms with Crippen molar-refractivity contribution in [3.8, 4) is 0 Å². The maximum absolute atomic E-state index is 10.6. The van der Waals surface area contributed by atoms with Gasteiger partial charge in [0.05, 0.1) is 6.61 Å². The Morgan fingerprint density at radius 1 is 1.77 bits per heavy atom. The molecule has 1 rings (SSSR count). The van der Waals surface area contributed by atoms with Gasteiger partial charge < -0.3 is 15.2 Å². The molecule has 2 atom stereocenters. The normalized spacial score (nSPS) is 24.5. The fourth-order valence-electron chi connectivity index (χ4n) is 1.47. The van der Waals surface area contributed by atoms with Crippen LogP contribution in [-0.2, 0) is 9.53 Å². The molecule has 0 aromatic heterocycles. The molecule has 0 spiro atoms. The SMILES string of the molecule is CCC(OCC1CCNC1)C(=O)O. The average Bonchev–Trinajstić information content (AvgIpc) is 2.57. The maximum Gasteiger partial charge on any atom is 0.332 e. The highest BCUT2D eigenvalue weighted by molar-refractivity contribution is 5.72. The van der Waals surface area contributed by atoms with Crippen molar-refractivity contribution in [2.45, 2.75) is 25.9 Å². The highest BCUT2D eigenvalue weighted by Crippen LogP contribution is 2.10. The number of carboxylic acids is 1. The molecular formula is C9H17NO3. The Hall–Kier alpha value is -0.610. The third-order valence-electron chi connectivity index (χ3n) is 2.34. The second kappa shape index (κ2) is 5.19. The second-order valence-electron chi connectivity index (χ2n) is 3.43. The fraction of sp³-hybridized carbons (Fsp3) is 0.889. The van der Waals surface area contributed by atoms with Gasteiger partial charge in [0.2, 0.25) is 0 Å². The van der Waals surface area contributed by atoms with Gasteiger partial charge in [-0.3, -0.25) is 0 Å². The van der Waals surface area contributed by atoms with Crippen LogP contribution in [0.15, 0.2) is 0 Å². The Balaban J connectivity index is 2.18. The minimum absolute atomic E-state index is 0.494. The van der Waals surface area contributed by atoms with Crippen LogP contribution >= 0.6 is 0 Å². The van der Waals surface area contributed by atoms with E-state index in [4.69, 9.17) is 9.84 Å². The number of carboxylic acid groups (broad SMARTS) is 1. The first-order chi connectivity index (χ1) is 6.24. The highest BCUT2D eigenvalue weighted by Gasteiger charge is 2.20. The van der Waals surface area contributed by atoms with Crippen molar-refractivity contribution < 1.29 is 14.6 Å². The number of ether oxygens (including phenoxy) is 1. The number of aliphatic carboxylic acids is 1. The quantitative estimate of drug-likeness (QED) is 0.657. The minimum atomic E-state index is -0.853. The summed E-state index contributed by atoms with van der Waals surface area (Å²) in [4.78, 5) is 10.6. The van der Waals surface area contributed by atoms with E-state index in [-0.39, 0.29) is 0 Å². The van der Waals surface area contributed by atoms with Gasteiger partial charge in [-0.1, -0.05) is 6.92 Å². The van der Waals surface area contributed by atoms with E-state index in [9.17, 15) is 4.79 Å². The van der Waals surface area contributed by atoms with Gasteiger partial charge in [-0.15, -0.1) is 0 Å². The summed E-state index contributed by atoms with van der Waals surface area (Å²) < 4.78 is 5.30. The molecule has 1 aliphatic heterocycles. The zero-order valence-corrected chi connectivity index (χ0v) is 7.95. The van der Waals surface area contributed by atoms with E-state index in [0.717, 1.165) is 19.5 Å². The van der Waals surface area contributed by atoms with Crippen LogP contribution in [0, 0.1) is 5.92 Å². The Morgan fingerprint density at radius 3 is 3.00 bits per heavy atom. The van der Waals surface area contributed by atoms with Crippen LogP contribution in [0.2, 0.25) is 0 Å². The summed E-state index contributed by atoms with van der Waals surface area (Å²) in [5.74, 6) is -0.359. The van der Waals surface area contributed by atoms with Crippen LogP contribution in [-0.4, -0.2) is 36.9 Å². The van der Waals surface area contributed by atoms with E-state index >= 15 is 0 Å². The summed E-state index contributed by atoms with van der Waals surface area (Å²) in [7, 11) is 0. The third-order valence-corrected chi connectivity index (χ3v) is 2.34. The van der Waals surface area contributed by atoms with Crippen LogP contribution in [0.5, 0.6) is 0 Å². The van der Waals surface area contributed by atoms with Gasteiger partial charge in [-0.2, -0.15) is 0 Å². The molecule has 2 unspecified atom stereocenters. The molecular weight excluding hydrogens is 170 g/mol. The molecule has 0 saturated carbocycles. The standard InChI is InChI=1S/C9H17NO3/c1-2-8(9(11)12)13-6-7-3-4-10-5-7/h7-8,10H,2-6H2,1H3,(H,11,12). The van der Waals surface area contributed by atoms with Crippen molar-refractivity contribution in [2.24, 2.45) is 5.92 Å². The summed E-state index contributed by atoms with van der Waals surface area (Å²) in [6.07, 6.45) is 1.01. The van der Waals surface area contributed by atoms with Gasteiger partial charge in [0.15, 0.2) is 6.10 Å². The van der Waals surface area contributed by atoms with Gasteiger partial charge in [0, 0.05) is 6.54 Å². The topological polar surface area (TPSA) is 58.6 Å². The molecule has 1 fully saturated rings. The molecule has 0 aliphatic carbocycles. The Morgan fingerprint density at radius 2 is 2.54 bits per heavy atom. The van der Waals surface area contributed by atoms with E-state index in [1.807, 2.05) is 6.92 Å². The molecule has 4 heteroatoms. The van der Waals surface area contributed by atoms with Gasteiger partial charge in [0.1, 0.15) is 0 Å². The highest BCUT2D eigenvalue weighted by atomic mass is 16.5. The number of nitrogens with one attached hydrogen (secondary N) is 1. The molecule has 0 radical (unpaired) electrons. The molecule has 1 aliphatic rings. The average molecular weight is 187 g/mol. The van der Waals surface area contributed by atoms with Crippen molar-refractivity contribution in [1.82, 2.24) is 5.32 Å². The van der Waals surface area contributed by atoms with Crippen LogP contribution < -0.4 is 5.32 Å². The minimum Gasteiger partial charge on any atom is -0.479 e. The van der Waals surface area contributed by atoms with Crippen molar-refractivity contribution >= 4 is 5.97 Å². The first kappa shape index (κ1) is 10.5. The van der Waals surface area contributed by atoms with E-state index < -0.39 is 12.1 Å². The lowest BCUT2D eigenvalue weighted by atomic mass is 10.1. The van der Waals surface area contributed by atoms with Crippen LogP contribution in [0.3, 0.4) is 0 Å². The first-order valence-corrected chi connectivity index (χ1v) is 4.79. The molecule has 0 aromatic rings. The van der Waals surface area contributed by atoms with Crippen LogP contribution in [0.1, 0.15) is 19.8 Å². The summed E-state index contributed by atoms with van der Waals surface area (Å²) in [6, 6.07) is 0. The van der Waals surface area contributed by atoms with E-state index in [1.54, 1.807) is 0 Å². The number of rotatable bonds is 5. The Labute approximate surface area is 78.3 Å². The predicted molar refractivity (Wildman–Crippen MR) is 48.6 cm³/mol. The van der Waals surface area contributed by atoms with Gasteiger partial charge in [-0.05, 0) is 25.3 Å². The smallest absolute Gasteiger partial charge is 0.332 e. The molecule has 1 saturated heterocycles. The molecule has 0 bridgehead atoms. The molecule has 0 amide bonds. The lowest BCUT2D eigenvalue weighted by Gasteiger charge is -2.14. The second-order valence-corrected chi connectivity index (χ2v) is 3.43. The predicted octanol–water partition coefficient (Wildman–Crippen LogP) is 0.476. The van der Waals surface area contributed by atoms with Crippen molar-refractivity contribution in [3.05, 3.63) is 0 Å². The van der Waals surface area contributed by atoms with E-state index in [2.05, 4.69) is 5.32 Å². The zero-order chi connectivity index (χ0) is 9.68. The van der Waals surface area contributed by atoms with Gasteiger partial charge >= 0.3 is 5.97 Å². The van der Waals surface area contributed by atoms with Gasteiger partial charge in [-0.25, -0.2) is 4.79 Å². The fourth-order valence-corrected chi connectivity index (χ4v) is 1.47. The molecule has 13 heavy (non-hydrogen) atoms. The molecule has 76 valence electrons. The van der Waals surface area contributed by atoms with Crippen molar-refractivity contribution in [1.29, 1.82) is 0 Å². The summed E-state index contributed by atoms with van der Waals surface area (Å²) in [5.41, 5.74) is 0. The number of hydrogen-bond donors (Lipinski definition) is 2. The Bertz CT molecular complexity index is 166. The summed E-state index contributed by atoms with van der Waals surface area (Å²) in [6.45, 7) is 4.37.